The highest BCUT2D eigenvalue weighted by molar-refractivity contribution is 7.99. The van der Waals surface area contributed by atoms with Gasteiger partial charge in [0.15, 0.2) is 0 Å². The van der Waals surface area contributed by atoms with Gasteiger partial charge in [0, 0.05) is 45.2 Å². The molecule has 0 spiro atoms. The lowest BCUT2D eigenvalue weighted by molar-refractivity contribution is -0.116. The first kappa shape index (κ1) is 19.5. The van der Waals surface area contributed by atoms with Gasteiger partial charge in [0.1, 0.15) is 5.75 Å². The molecule has 0 unspecified atom stereocenters. The Kier molecular flexibility index (Phi) is 7.65. The van der Waals surface area contributed by atoms with Crippen molar-refractivity contribution in [3.05, 3.63) is 24.3 Å². The van der Waals surface area contributed by atoms with Crippen molar-refractivity contribution in [2.75, 3.05) is 56.2 Å². The van der Waals surface area contributed by atoms with Crippen LogP contribution in [0.25, 0.3) is 0 Å². The molecule has 0 saturated carbocycles. The number of nitrogens with zero attached hydrogens (tertiary/aromatic N) is 2. The van der Waals surface area contributed by atoms with Crippen LogP contribution in [0.1, 0.15) is 26.2 Å². The smallest absolute Gasteiger partial charge is 0.225 e. The second kappa shape index (κ2) is 10.2. The van der Waals surface area contributed by atoms with Gasteiger partial charge in [0.25, 0.3) is 0 Å². The van der Waals surface area contributed by atoms with E-state index in [4.69, 9.17) is 4.74 Å². The largest absolute Gasteiger partial charge is 0.492 e. The summed E-state index contributed by atoms with van der Waals surface area (Å²) in [5.74, 6) is 3.43. The Morgan fingerprint density at radius 3 is 2.65 bits per heavy atom. The summed E-state index contributed by atoms with van der Waals surface area (Å²) in [5.41, 5.74) is 0.763. The molecule has 2 fully saturated rings. The third-order valence-electron chi connectivity index (χ3n) is 5.23. The van der Waals surface area contributed by atoms with Crippen LogP contribution in [0.2, 0.25) is 0 Å². The van der Waals surface area contributed by atoms with E-state index < -0.39 is 0 Å². The minimum atomic E-state index is 0.0592. The Hall–Kier alpha value is -1.24. The van der Waals surface area contributed by atoms with Gasteiger partial charge < -0.3 is 15.0 Å². The Labute approximate surface area is 161 Å². The van der Waals surface area contributed by atoms with Gasteiger partial charge in [-0.25, -0.2) is 0 Å². The molecule has 144 valence electrons. The number of para-hydroxylation sites is 2. The SMILES string of the molecule is CCOc1ccccc1NC(=O)CCN1CCN(C2CCSCC2)CC1. The van der Waals surface area contributed by atoms with Gasteiger partial charge in [0.05, 0.1) is 12.3 Å². The lowest BCUT2D eigenvalue weighted by Gasteiger charge is -2.40. The van der Waals surface area contributed by atoms with Crippen molar-refractivity contribution < 1.29 is 9.53 Å². The minimum absolute atomic E-state index is 0.0592. The summed E-state index contributed by atoms with van der Waals surface area (Å²) in [6.45, 7) is 7.81. The summed E-state index contributed by atoms with van der Waals surface area (Å²) in [6.07, 6.45) is 3.21. The van der Waals surface area contributed by atoms with E-state index >= 15 is 0 Å². The quantitative estimate of drug-likeness (QED) is 0.792. The second-order valence-electron chi connectivity index (χ2n) is 6.95. The molecule has 0 aliphatic carbocycles. The van der Waals surface area contributed by atoms with Crippen LogP contribution in [0, 0.1) is 0 Å². The summed E-state index contributed by atoms with van der Waals surface area (Å²) in [7, 11) is 0. The van der Waals surface area contributed by atoms with Crippen molar-refractivity contribution in [2.45, 2.75) is 32.2 Å². The Morgan fingerprint density at radius 1 is 1.19 bits per heavy atom. The zero-order valence-corrected chi connectivity index (χ0v) is 16.6. The highest BCUT2D eigenvalue weighted by atomic mass is 32.2. The van der Waals surface area contributed by atoms with Crippen molar-refractivity contribution in [1.29, 1.82) is 0 Å². The number of benzene rings is 1. The summed E-state index contributed by atoms with van der Waals surface area (Å²) in [5, 5.41) is 2.99. The van der Waals surface area contributed by atoms with Crippen molar-refractivity contribution in [2.24, 2.45) is 0 Å². The van der Waals surface area contributed by atoms with Crippen LogP contribution in [-0.4, -0.2) is 72.6 Å². The zero-order valence-electron chi connectivity index (χ0n) is 15.8. The second-order valence-corrected chi connectivity index (χ2v) is 8.17. The van der Waals surface area contributed by atoms with Gasteiger partial charge in [-0.15, -0.1) is 0 Å². The molecule has 1 aromatic rings. The molecule has 5 nitrogen and oxygen atoms in total. The fourth-order valence-electron chi connectivity index (χ4n) is 3.73. The number of carbonyl (C=O) groups is 1. The summed E-state index contributed by atoms with van der Waals surface area (Å²) in [4.78, 5) is 17.4. The molecule has 1 aromatic carbocycles. The van der Waals surface area contributed by atoms with Crippen LogP contribution in [0.4, 0.5) is 5.69 Å². The van der Waals surface area contributed by atoms with Crippen LogP contribution >= 0.6 is 11.8 Å². The molecule has 1 amide bonds. The first-order valence-electron chi connectivity index (χ1n) is 9.82. The predicted octanol–water partition coefficient (Wildman–Crippen LogP) is 2.93. The highest BCUT2D eigenvalue weighted by Gasteiger charge is 2.25. The molecule has 2 aliphatic heterocycles. The summed E-state index contributed by atoms with van der Waals surface area (Å²) >= 11 is 2.09. The number of amides is 1. The average Bonchev–Trinajstić information content (AvgIpc) is 2.69. The fourth-order valence-corrected chi connectivity index (χ4v) is 4.81. The third-order valence-corrected chi connectivity index (χ3v) is 6.28. The molecule has 2 aliphatic rings. The van der Waals surface area contributed by atoms with Gasteiger partial charge in [-0.05, 0) is 43.4 Å². The van der Waals surface area contributed by atoms with Crippen LogP contribution < -0.4 is 10.1 Å². The molecule has 3 rings (SSSR count). The summed E-state index contributed by atoms with van der Waals surface area (Å²) < 4.78 is 5.57. The topological polar surface area (TPSA) is 44.8 Å². The molecule has 0 aromatic heterocycles. The molecule has 2 heterocycles. The summed E-state index contributed by atoms with van der Waals surface area (Å²) in [6, 6.07) is 8.41. The van der Waals surface area contributed by atoms with Crippen LogP contribution in [-0.2, 0) is 4.79 Å². The van der Waals surface area contributed by atoms with Crippen molar-refractivity contribution >= 4 is 23.4 Å². The number of piperazine rings is 1. The number of anilines is 1. The van der Waals surface area contributed by atoms with Crippen LogP contribution in [0.3, 0.4) is 0 Å². The molecule has 1 N–H and O–H groups in total. The Morgan fingerprint density at radius 2 is 1.92 bits per heavy atom. The maximum Gasteiger partial charge on any atom is 0.225 e. The van der Waals surface area contributed by atoms with E-state index in [1.807, 2.05) is 31.2 Å². The molecule has 0 radical (unpaired) electrons. The van der Waals surface area contributed by atoms with Crippen LogP contribution in [0.5, 0.6) is 5.75 Å². The van der Waals surface area contributed by atoms with E-state index in [0.29, 0.717) is 13.0 Å². The normalized spacial score (nSPS) is 20.0. The van der Waals surface area contributed by atoms with E-state index in [-0.39, 0.29) is 5.91 Å². The number of rotatable bonds is 7. The molecule has 26 heavy (non-hydrogen) atoms. The molecule has 0 atom stereocenters. The van der Waals surface area contributed by atoms with Crippen molar-refractivity contribution in [1.82, 2.24) is 9.80 Å². The van der Waals surface area contributed by atoms with Gasteiger partial charge in [-0.2, -0.15) is 11.8 Å². The van der Waals surface area contributed by atoms with E-state index in [2.05, 4.69) is 26.9 Å². The third kappa shape index (κ3) is 5.63. The molecule has 6 heteroatoms. The lowest BCUT2D eigenvalue weighted by atomic mass is 10.1. The molecule has 2 saturated heterocycles. The number of hydrogen-bond donors (Lipinski definition) is 1. The average molecular weight is 378 g/mol. The fraction of sp³-hybridized carbons (Fsp3) is 0.650. The number of thioether (sulfide) groups is 1. The van der Waals surface area contributed by atoms with Gasteiger partial charge in [-0.3, -0.25) is 9.69 Å². The molecular weight excluding hydrogens is 346 g/mol. The minimum Gasteiger partial charge on any atom is -0.492 e. The Bertz CT molecular complexity index is 570. The van der Waals surface area contributed by atoms with Crippen molar-refractivity contribution in [3.8, 4) is 5.75 Å². The van der Waals surface area contributed by atoms with Gasteiger partial charge >= 0.3 is 0 Å². The van der Waals surface area contributed by atoms with Gasteiger partial charge in [-0.1, -0.05) is 12.1 Å². The Balaban J connectivity index is 1.39. The van der Waals surface area contributed by atoms with Gasteiger partial charge in [0.2, 0.25) is 5.91 Å². The van der Waals surface area contributed by atoms with Crippen LogP contribution in [0.15, 0.2) is 24.3 Å². The standard InChI is InChI=1S/C20H31N3O2S/c1-2-25-19-6-4-3-5-18(19)21-20(24)7-10-22-11-13-23(14-12-22)17-8-15-26-16-9-17/h3-6,17H,2,7-16H2,1H3,(H,21,24). The number of ether oxygens (including phenoxy) is 1. The predicted molar refractivity (Wildman–Crippen MR) is 109 cm³/mol. The first-order valence-corrected chi connectivity index (χ1v) is 11.0. The maximum atomic E-state index is 12.3. The number of hydrogen-bond acceptors (Lipinski definition) is 5. The number of carbonyl (C=O) groups excluding carboxylic acids is 1. The lowest BCUT2D eigenvalue weighted by Crippen LogP contribution is -2.51. The highest BCUT2D eigenvalue weighted by Crippen LogP contribution is 2.24. The van der Waals surface area contributed by atoms with E-state index in [9.17, 15) is 4.79 Å². The van der Waals surface area contributed by atoms with E-state index in [0.717, 1.165) is 50.2 Å². The zero-order chi connectivity index (χ0) is 18.2. The molecular formula is C20H31N3O2S. The first-order chi connectivity index (χ1) is 12.8. The van der Waals surface area contributed by atoms with E-state index in [1.54, 1.807) is 0 Å². The van der Waals surface area contributed by atoms with Crippen molar-refractivity contribution in [3.63, 3.8) is 0 Å². The monoisotopic (exact) mass is 377 g/mol. The maximum absolute atomic E-state index is 12.3. The molecule has 0 bridgehead atoms. The van der Waals surface area contributed by atoms with E-state index in [1.165, 1.54) is 24.3 Å². The number of nitrogens with one attached hydrogen (secondary N) is 1.